The molecule has 0 aromatic carbocycles. The van der Waals surface area contributed by atoms with Crippen LogP contribution in [0.25, 0.3) is 0 Å². The second-order valence-electron chi connectivity index (χ2n) is 35.6. The number of nitrogens with two attached hydrogens (primary N) is 4. The van der Waals surface area contributed by atoms with Gasteiger partial charge in [-0.05, 0) is 229 Å². The molecule has 28 nitrogen and oxygen atoms in total. The number of nitrogen functional groups attached to an aromatic ring is 4. The van der Waals surface area contributed by atoms with Gasteiger partial charge in [-0.3, -0.25) is 19.6 Å². The maximum Gasteiger partial charge on any atom is 0.255 e. The summed E-state index contributed by atoms with van der Waals surface area (Å²) in [5.41, 5.74) is 25.5. The number of hydrogen-bond acceptors (Lipinski definition) is 28. The summed E-state index contributed by atoms with van der Waals surface area (Å²) in [6.45, 7) is 50.8. The molecule has 4 fully saturated rings. The van der Waals surface area contributed by atoms with E-state index in [1.165, 1.54) is 0 Å². The van der Waals surface area contributed by atoms with E-state index in [0.29, 0.717) is 74.5 Å². The molecule has 0 spiro atoms. The fourth-order valence-corrected chi connectivity index (χ4v) is 17.2. The topological polar surface area (TPSA) is 333 Å². The van der Waals surface area contributed by atoms with Crippen LogP contribution in [0.3, 0.4) is 0 Å². The number of nitrogens with one attached hydrogen (secondary N) is 2. The highest BCUT2D eigenvalue weighted by Crippen LogP contribution is 2.45. The number of nitrogens with zero attached hydrogens (tertiary/aromatic N) is 22. The maximum absolute atomic E-state index is 6.16. The van der Waals surface area contributed by atoms with E-state index in [1.807, 2.05) is 0 Å². The molecule has 0 amide bonds. The monoisotopic (exact) mass is 1440 g/mol. The molecule has 4 aromatic heterocycles. The summed E-state index contributed by atoms with van der Waals surface area (Å²) in [6.07, 6.45) is 17.1. The van der Waals surface area contributed by atoms with Gasteiger partial charge in [-0.15, -0.1) is 0 Å². The van der Waals surface area contributed by atoms with Crippen LogP contribution in [0.1, 0.15) is 267 Å². The maximum atomic E-state index is 6.16. The molecule has 0 saturated carbocycles. The molecule has 8 rings (SSSR count). The van der Waals surface area contributed by atoms with Gasteiger partial charge in [-0.1, -0.05) is 53.4 Å². The van der Waals surface area contributed by atoms with Crippen LogP contribution in [-0.2, 0) is 0 Å². The first-order valence-electron chi connectivity index (χ1n) is 39.2. The van der Waals surface area contributed by atoms with Crippen molar-refractivity contribution in [3.05, 3.63) is 0 Å². The second-order valence-corrected chi connectivity index (χ2v) is 35.6. The Balaban J connectivity index is 1.35. The highest BCUT2D eigenvalue weighted by atomic mass is 15.4. The molecule has 0 atom stereocenters. The van der Waals surface area contributed by atoms with Crippen molar-refractivity contribution >= 4 is 82.8 Å². The van der Waals surface area contributed by atoms with Crippen molar-refractivity contribution in [3.8, 4) is 0 Å². The van der Waals surface area contributed by atoms with Crippen LogP contribution in [0.4, 0.5) is 71.4 Å². The quantitative estimate of drug-likeness (QED) is 0.0241. The Morgan fingerprint density at radius 3 is 0.750 bits per heavy atom. The van der Waals surface area contributed by atoms with Gasteiger partial charge >= 0.3 is 0 Å². The van der Waals surface area contributed by atoms with E-state index in [1.54, 1.807) is 0 Å². The molecule has 4 aliphatic heterocycles. The predicted molar refractivity (Wildman–Crippen MR) is 431 cm³/mol. The molecule has 4 saturated heterocycles. The standard InChI is InChI=1S/C76H138N28/c1-25-29-39-101(53-43-69(5,6)97(21)70(7,8)44-53)65-91-63(92-66(95-65)102(40-30-26-2)54-45-71(9,10)98(22)72(11,12)46-54)83-51(35-37-81-61-87-57(77)85-58(78)88-61)33-34-52(36-38-82-62-89-59(79)86-60(80)90-62)84-64-93-67(103(41-31-27-3)55-47-73(13,14)99(23)74(15,16)48-55)96-68(94-64)104(42-32-28-4)56-49-75(17,18)100(24)76(19,20)50-56/h53-56H,25-50H2,1-24H3,(H5,77,78,81,85,87,88)(H5,79,80,82,86,89,90). The van der Waals surface area contributed by atoms with Crippen molar-refractivity contribution in [2.75, 3.05) is 121 Å². The molecule has 10 N–H and O–H groups in total. The molecule has 582 valence electrons. The molecule has 4 aromatic rings. The zero-order valence-corrected chi connectivity index (χ0v) is 68.8. The van der Waals surface area contributed by atoms with E-state index >= 15 is 0 Å². The van der Waals surface area contributed by atoms with Crippen molar-refractivity contribution in [2.24, 2.45) is 9.98 Å². The zero-order valence-electron chi connectivity index (χ0n) is 68.8. The number of piperidine rings is 4. The van der Waals surface area contributed by atoms with Crippen LogP contribution < -0.4 is 53.2 Å². The van der Waals surface area contributed by atoms with Gasteiger partial charge in [0.2, 0.25) is 59.5 Å². The van der Waals surface area contributed by atoms with E-state index in [2.05, 4.69) is 246 Å². The fraction of sp³-hybridized carbons (Fsp3) is 0.816. The minimum atomic E-state index is -0.101. The summed E-state index contributed by atoms with van der Waals surface area (Å²) in [4.78, 5) is 90.9. The zero-order chi connectivity index (χ0) is 76.7. The largest absolute Gasteiger partial charge is 0.368 e. The average molecular weight is 1440 g/mol. The van der Waals surface area contributed by atoms with Gasteiger partial charge in [0.05, 0.1) is 0 Å². The molecule has 4 aliphatic rings. The number of rotatable bonds is 33. The third-order valence-electron chi connectivity index (χ3n) is 24.1. The van der Waals surface area contributed by atoms with Crippen molar-refractivity contribution in [3.63, 3.8) is 0 Å². The van der Waals surface area contributed by atoms with E-state index in [0.717, 1.165) is 140 Å². The number of hydrogen-bond donors (Lipinski definition) is 6. The van der Waals surface area contributed by atoms with Gasteiger partial charge < -0.3 is 53.2 Å². The van der Waals surface area contributed by atoms with E-state index < -0.39 is 0 Å². The molecule has 0 unspecified atom stereocenters. The van der Waals surface area contributed by atoms with Gasteiger partial charge in [-0.2, -0.15) is 59.8 Å². The Morgan fingerprint density at radius 1 is 0.337 bits per heavy atom. The lowest BCUT2D eigenvalue weighted by molar-refractivity contribution is -0.0135. The highest BCUT2D eigenvalue weighted by molar-refractivity contribution is 5.93. The van der Waals surface area contributed by atoms with Crippen molar-refractivity contribution in [2.45, 2.75) is 335 Å². The number of anilines is 10. The van der Waals surface area contributed by atoms with Crippen LogP contribution in [0, 0.1) is 0 Å². The summed E-state index contributed by atoms with van der Waals surface area (Å²) in [5, 5.41) is 6.80. The normalized spacial score (nSPS) is 21.1. The van der Waals surface area contributed by atoms with Crippen molar-refractivity contribution < 1.29 is 0 Å². The van der Waals surface area contributed by atoms with E-state index in [-0.39, 0.29) is 104 Å². The predicted octanol–water partition coefficient (Wildman–Crippen LogP) is 12.4. The highest BCUT2D eigenvalue weighted by Gasteiger charge is 2.50. The van der Waals surface area contributed by atoms with Gasteiger partial charge in [0.1, 0.15) is 0 Å². The second kappa shape index (κ2) is 33.6. The van der Waals surface area contributed by atoms with Crippen LogP contribution in [-0.4, -0.2) is 227 Å². The van der Waals surface area contributed by atoms with E-state index in [9.17, 15) is 0 Å². The number of likely N-dealkylation sites (tertiary alicyclic amines) is 4. The lowest BCUT2D eigenvalue weighted by Gasteiger charge is -2.56. The molecule has 8 heterocycles. The molecule has 28 heteroatoms. The molecule has 0 aliphatic carbocycles. The van der Waals surface area contributed by atoms with Crippen LogP contribution >= 0.6 is 0 Å². The van der Waals surface area contributed by atoms with Crippen LogP contribution in [0.15, 0.2) is 9.98 Å². The number of unbranched alkanes of at least 4 members (excludes halogenated alkanes) is 4. The molecule has 104 heavy (non-hydrogen) atoms. The first-order chi connectivity index (χ1) is 48.5. The third kappa shape index (κ3) is 20.7. The Hall–Kier alpha value is -6.78. The van der Waals surface area contributed by atoms with Gasteiger partial charge in [-0.25, -0.2) is 9.98 Å². The summed E-state index contributed by atoms with van der Waals surface area (Å²) in [7, 11) is 9.08. The van der Waals surface area contributed by atoms with Crippen LogP contribution in [0.2, 0.25) is 0 Å². The summed E-state index contributed by atoms with van der Waals surface area (Å²) >= 11 is 0. The Kier molecular flexibility index (Phi) is 26.7. The number of aromatic nitrogens is 12. The Bertz CT molecular complexity index is 3040. The minimum Gasteiger partial charge on any atom is -0.368 e. The van der Waals surface area contributed by atoms with Gasteiger partial charge in [0.15, 0.2) is 0 Å². The summed E-state index contributed by atoms with van der Waals surface area (Å²) < 4.78 is 0. The van der Waals surface area contributed by atoms with E-state index in [4.69, 9.17) is 62.8 Å². The fourth-order valence-electron chi connectivity index (χ4n) is 17.2. The lowest BCUT2D eigenvalue weighted by Crippen LogP contribution is -2.63. The number of aliphatic imine (C=N–C) groups is 2. The molecule has 0 bridgehead atoms. The van der Waals surface area contributed by atoms with Crippen molar-refractivity contribution in [1.29, 1.82) is 0 Å². The lowest BCUT2D eigenvalue weighted by atomic mass is 9.77. The van der Waals surface area contributed by atoms with Gasteiger partial charge in [0, 0.05) is 132 Å². The Morgan fingerprint density at radius 2 is 0.548 bits per heavy atom. The van der Waals surface area contributed by atoms with Crippen molar-refractivity contribution in [1.82, 2.24) is 79.4 Å². The third-order valence-corrected chi connectivity index (χ3v) is 24.1. The first kappa shape index (κ1) is 82.9. The molecular weight excluding hydrogens is 1310 g/mol. The smallest absolute Gasteiger partial charge is 0.255 e. The van der Waals surface area contributed by atoms with Crippen LogP contribution in [0.5, 0.6) is 0 Å². The Labute approximate surface area is 625 Å². The minimum absolute atomic E-state index is 0.0221. The first-order valence-corrected chi connectivity index (χ1v) is 39.2. The average Bonchev–Trinajstić information content (AvgIpc) is 0.763. The molecule has 0 radical (unpaired) electrons. The SMILES string of the molecule is CCCCN(c1nc(N=C(CCNc2nc(N)nc(N)n2)CCC(CCNc2nc(N)nc(N)n2)=Nc2nc(N(CCCC)C3CC(C)(C)N(C)C(C)(C)C3)nc(N(CCCC)C3CC(C)(C)N(C)C(C)(C)C3)n2)nc(N(CCCC)C2CC(C)(C)N(C)C(C)(C)C2)n1)C1CC(C)(C)N(C)C(C)(C)C1. The summed E-state index contributed by atoms with van der Waals surface area (Å²) in [5.74, 6) is 3.93. The van der Waals surface area contributed by atoms with Gasteiger partial charge in [0.25, 0.3) is 11.9 Å². The summed E-state index contributed by atoms with van der Waals surface area (Å²) in [6, 6.07) is 0.562. The molecular formula is C76H138N28.